The number of carbonyl (C=O) groups is 3. The molecule has 10 heteroatoms. The molecule has 2 fully saturated rings. The second-order valence-corrected chi connectivity index (χ2v) is 12.8. The topological polar surface area (TPSA) is 137 Å². The molecule has 0 spiro atoms. The summed E-state index contributed by atoms with van der Waals surface area (Å²) in [5, 5.41) is 26.6. The number of rotatable bonds is 15. The van der Waals surface area contributed by atoms with Crippen molar-refractivity contribution in [1.29, 1.82) is 0 Å². The number of aliphatic hydroxyl groups is 2. The average Bonchev–Trinajstić information content (AvgIpc) is 3.01. The fraction of sp³-hybridized carbons (Fsp3) is 0.727. The minimum atomic E-state index is -1.13. The first-order chi connectivity index (χ1) is 20.7. The van der Waals surface area contributed by atoms with Crippen molar-refractivity contribution in [2.45, 2.75) is 103 Å². The molecule has 4 N–H and O–H groups in total. The zero-order chi connectivity index (χ0) is 31.2. The highest BCUT2D eigenvalue weighted by Gasteiger charge is 2.33. The van der Waals surface area contributed by atoms with Crippen molar-refractivity contribution in [2.24, 2.45) is 17.8 Å². The third-order valence-electron chi connectivity index (χ3n) is 8.47. The number of hydrogen-bond acceptors (Lipinski definition) is 7. The van der Waals surface area contributed by atoms with Crippen LogP contribution in [0.4, 0.5) is 4.79 Å². The number of aliphatic hydroxyl groups excluding tert-OH is 2. The van der Waals surface area contributed by atoms with Gasteiger partial charge in [-0.3, -0.25) is 9.59 Å². The first-order valence-electron chi connectivity index (χ1n) is 16.1. The molecular formula is C33H53N3O7. The predicted octanol–water partition coefficient (Wildman–Crippen LogP) is 3.43. The van der Waals surface area contributed by atoms with Gasteiger partial charge in [0.2, 0.25) is 5.91 Å². The van der Waals surface area contributed by atoms with E-state index in [0.717, 1.165) is 31.2 Å². The summed E-state index contributed by atoms with van der Waals surface area (Å²) in [6.07, 6.45) is 4.67. The normalized spacial score (nSPS) is 19.6. The molecule has 10 nitrogen and oxygen atoms in total. The van der Waals surface area contributed by atoms with Crippen LogP contribution in [0.2, 0.25) is 0 Å². The second kappa shape index (κ2) is 18.2. The van der Waals surface area contributed by atoms with Crippen LogP contribution in [0.1, 0.15) is 77.7 Å². The molecule has 2 aliphatic rings. The minimum absolute atomic E-state index is 0.0425. The van der Waals surface area contributed by atoms with Gasteiger partial charge in [0.15, 0.2) is 6.10 Å². The third kappa shape index (κ3) is 12.1. The molecule has 1 aromatic rings. The summed E-state index contributed by atoms with van der Waals surface area (Å²) in [5.41, 5.74) is 0.830. The van der Waals surface area contributed by atoms with Gasteiger partial charge in [0.25, 0.3) is 5.91 Å². The molecule has 0 radical (unpaired) electrons. The number of nitrogens with zero attached hydrogens (tertiary/aromatic N) is 1. The van der Waals surface area contributed by atoms with E-state index >= 15 is 0 Å². The smallest absolute Gasteiger partial charge is 0.410 e. The Bertz CT molecular complexity index is 980. The largest absolute Gasteiger partial charge is 0.436 e. The molecular weight excluding hydrogens is 550 g/mol. The molecule has 5 atom stereocenters. The fourth-order valence-corrected chi connectivity index (χ4v) is 5.95. The van der Waals surface area contributed by atoms with Gasteiger partial charge in [0, 0.05) is 26.1 Å². The zero-order valence-corrected chi connectivity index (χ0v) is 26.2. The van der Waals surface area contributed by atoms with Gasteiger partial charge in [0.1, 0.15) is 6.04 Å². The first-order valence-corrected chi connectivity index (χ1v) is 16.1. The van der Waals surface area contributed by atoms with Crippen LogP contribution in [0.3, 0.4) is 0 Å². The monoisotopic (exact) mass is 603 g/mol. The lowest BCUT2D eigenvalue weighted by Gasteiger charge is -2.33. The van der Waals surface area contributed by atoms with Crippen LogP contribution in [-0.4, -0.2) is 90.2 Å². The van der Waals surface area contributed by atoms with Crippen molar-refractivity contribution in [3.05, 3.63) is 35.9 Å². The highest BCUT2D eigenvalue weighted by atomic mass is 16.6. The van der Waals surface area contributed by atoms with Gasteiger partial charge in [-0.15, -0.1) is 0 Å². The summed E-state index contributed by atoms with van der Waals surface area (Å²) in [4.78, 5) is 41.9. The van der Waals surface area contributed by atoms with Crippen molar-refractivity contribution in [2.75, 3.05) is 32.9 Å². The van der Waals surface area contributed by atoms with E-state index in [1.165, 1.54) is 11.3 Å². The van der Waals surface area contributed by atoms with Crippen LogP contribution in [-0.2, 0) is 25.5 Å². The molecule has 1 aliphatic carbocycles. The predicted molar refractivity (Wildman–Crippen MR) is 164 cm³/mol. The average molecular weight is 604 g/mol. The van der Waals surface area contributed by atoms with Gasteiger partial charge in [-0.25, -0.2) is 4.79 Å². The van der Waals surface area contributed by atoms with E-state index in [4.69, 9.17) is 9.47 Å². The van der Waals surface area contributed by atoms with E-state index in [1.54, 1.807) is 0 Å². The van der Waals surface area contributed by atoms with Crippen LogP contribution in [0.5, 0.6) is 0 Å². The molecule has 0 bridgehead atoms. The van der Waals surface area contributed by atoms with E-state index in [2.05, 4.69) is 10.6 Å². The van der Waals surface area contributed by atoms with Gasteiger partial charge in [-0.2, -0.15) is 0 Å². The number of nitrogens with one attached hydrogen (secondary N) is 2. The third-order valence-corrected chi connectivity index (χ3v) is 8.47. The van der Waals surface area contributed by atoms with Gasteiger partial charge in [-0.05, 0) is 42.6 Å². The molecule has 242 valence electrons. The summed E-state index contributed by atoms with van der Waals surface area (Å²) in [7, 11) is 0. The van der Waals surface area contributed by atoms with Crippen LogP contribution >= 0.6 is 0 Å². The number of carbonyl (C=O) groups excluding carboxylic acids is 3. The maximum atomic E-state index is 13.8. The first kappa shape index (κ1) is 34.8. The van der Waals surface area contributed by atoms with Crippen molar-refractivity contribution in [1.82, 2.24) is 15.5 Å². The molecule has 3 rings (SSSR count). The van der Waals surface area contributed by atoms with Gasteiger partial charge in [-0.1, -0.05) is 83.2 Å². The number of amides is 3. The Morgan fingerprint density at radius 2 is 1.65 bits per heavy atom. The summed E-state index contributed by atoms with van der Waals surface area (Å²) in [5.74, 6) is -0.505. The lowest BCUT2D eigenvalue weighted by atomic mass is 9.82. The van der Waals surface area contributed by atoms with Crippen LogP contribution < -0.4 is 10.6 Å². The number of benzene rings is 1. The minimum Gasteiger partial charge on any atom is -0.436 e. The Morgan fingerprint density at radius 3 is 2.28 bits per heavy atom. The lowest BCUT2D eigenvalue weighted by Crippen LogP contribution is -2.55. The Hall–Kier alpha value is -2.69. The molecule has 1 aromatic carbocycles. The van der Waals surface area contributed by atoms with E-state index in [9.17, 15) is 24.6 Å². The molecule has 1 heterocycles. The zero-order valence-electron chi connectivity index (χ0n) is 26.2. The molecule has 3 amide bonds. The maximum Gasteiger partial charge on any atom is 0.410 e. The quantitative estimate of drug-likeness (QED) is 0.241. The highest BCUT2D eigenvalue weighted by molar-refractivity contribution is 5.90. The van der Waals surface area contributed by atoms with Crippen molar-refractivity contribution in [3.63, 3.8) is 0 Å². The van der Waals surface area contributed by atoms with Crippen LogP contribution in [0.15, 0.2) is 30.3 Å². The number of hydrogen-bond donors (Lipinski definition) is 4. The molecule has 0 unspecified atom stereocenters. The molecule has 0 aromatic heterocycles. The van der Waals surface area contributed by atoms with Crippen molar-refractivity contribution < 1.29 is 34.1 Å². The summed E-state index contributed by atoms with van der Waals surface area (Å²) >= 11 is 0. The second-order valence-electron chi connectivity index (χ2n) is 12.8. The molecule has 43 heavy (non-hydrogen) atoms. The van der Waals surface area contributed by atoms with E-state index < -0.39 is 36.3 Å². The maximum absolute atomic E-state index is 13.8. The number of morpholine rings is 1. The molecule has 1 aliphatic heterocycles. The standard InChI is InChI=1S/C33H53N3O7/c1-23(2)18-28(31(39)34-27(29(38)19-24(3)22-37)20-25-10-6-4-7-11-25)35-32(40)30(21-26-12-8-5-9-13-26)43-33(41)36-14-16-42-17-15-36/h5,8-9,12-13,23-25,27-30,37-38H,4,6-7,10-11,14-22H2,1-3H3,(H,34,39)(H,35,40)/t24-,27+,28+,29+,30+/m1/s1. The van der Waals surface area contributed by atoms with E-state index in [1.807, 2.05) is 51.1 Å². The fourth-order valence-electron chi connectivity index (χ4n) is 5.95. The number of ether oxygens (including phenoxy) is 2. The Balaban J connectivity index is 1.75. The van der Waals surface area contributed by atoms with Gasteiger partial charge >= 0.3 is 6.09 Å². The van der Waals surface area contributed by atoms with Gasteiger partial charge < -0.3 is 35.2 Å². The van der Waals surface area contributed by atoms with E-state index in [0.29, 0.717) is 51.5 Å². The van der Waals surface area contributed by atoms with E-state index in [-0.39, 0.29) is 30.8 Å². The highest BCUT2D eigenvalue weighted by Crippen LogP contribution is 2.29. The Morgan fingerprint density at radius 1 is 0.977 bits per heavy atom. The van der Waals surface area contributed by atoms with Crippen molar-refractivity contribution >= 4 is 17.9 Å². The molecule has 1 saturated carbocycles. The van der Waals surface area contributed by atoms with Crippen LogP contribution in [0, 0.1) is 17.8 Å². The van der Waals surface area contributed by atoms with Gasteiger partial charge in [0.05, 0.1) is 25.4 Å². The lowest BCUT2D eigenvalue weighted by molar-refractivity contribution is -0.135. The molecule has 1 saturated heterocycles. The Kier molecular flexibility index (Phi) is 14.7. The Labute approximate surface area is 256 Å². The SMILES string of the molecule is CC(C)C[C@H](NC(=O)[C@H](Cc1ccccc1)OC(=O)N1CCOCC1)C(=O)N[C@@H](CC1CCCCC1)[C@@H](O)C[C@@H](C)CO. The summed E-state index contributed by atoms with van der Waals surface area (Å²) in [6.45, 7) is 7.37. The summed E-state index contributed by atoms with van der Waals surface area (Å²) < 4.78 is 11.1. The van der Waals surface area contributed by atoms with Crippen LogP contribution in [0.25, 0.3) is 0 Å². The summed E-state index contributed by atoms with van der Waals surface area (Å²) in [6, 6.07) is 7.97. The van der Waals surface area contributed by atoms with Crippen molar-refractivity contribution in [3.8, 4) is 0 Å².